The van der Waals surface area contributed by atoms with Gasteiger partial charge in [0.2, 0.25) is 11.1 Å². The Balaban J connectivity index is 2.34. The lowest BCUT2D eigenvalue weighted by Gasteiger charge is -2.06. The summed E-state index contributed by atoms with van der Waals surface area (Å²) in [6.07, 6.45) is 0.849. The van der Waals surface area contributed by atoms with Crippen molar-refractivity contribution in [2.75, 3.05) is 0 Å². The highest BCUT2D eigenvalue weighted by Gasteiger charge is 2.11. The van der Waals surface area contributed by atoms with Gasteiger partial charge in [0.15, 0.2) is 11.6 Å². The molecule has 0 unspecified atom stereocenters. The van der Waals surface area contributed by atoms with E-state index in [1.807, 2.05) is 0 Å². The van der Waals surface area contributed by atoms with Crippen molar-refractivity contribution in [2.45, 2.75) is 0 Å². The predicted molar refractivity (Wildman–Crippen MR) is 61.2 cm³/mol. The van der Waals surface area contributed by atoms with Gasteiger partial charge in [-0.05, 0) is 29.8 Å². The van der Waals surface area contributed by atoms with Crippen LogP contribution < -0.4 is 4.74 Å². The lowest BCUT2D eigenvalue weighted by molar-refractivity contribution is 0.396. The molecule has 17 heavy (non-hydrogen) atoms. The molecule has 0 fully saturated rings. The summed E-state index contributed by atoms with van der Waals surface area (Å²) in [5.41, 5.74) is 0. The van der Waals surface area contributed by atoms with Gasteiger partial charge in [-0.15, -0.1) is 0 Å². The second kappa shape index (κ2) is 4.93. The van der Waals surface area contributed by atoms with Crippen molar-refractivity contribution in [3.8, 4) is 11.6 Å². The van der Waals surface area contributed by atoms with E-state index in [0.29, 0.717) is 4.47 Å². The average Bonchev–Trinajstić information content (AvgIpc) is 2.27. The highest BCUT2D eigenvalue weighted by molar-refractivity contribution is 9.10. The van der Waals surface area contributed by atoms with E-state index in [9.17, 15) is 8.78 Å². The number of aromatic nitrogens is 2. The molecule has 0 atom stereocenters. The molecule has 1 heterocycles. The molecule has 1 aromatic carbocycles. The molecule has 3 nitrogen and oxygen atoms in total. The fraction of sp³-hybridized carbons (Fsp3) is 0. The van der Waals surface area contributed by atoms with Crippen LogP contribution in [0.1, 0.15) is 0 Å². The first-order valence-electron chi connectivity index (χ1n) is 4.37. The van der Waals surface area contributed by atoms with Gasteiger partial charge in [-0.2, -0.15) is 9.37 Å². The van der Waals surface area contributed by atoms with Crippen molar-refractivity contribution in [2.24, 2.45) is 0 Å². The number of rotatable bonds is 2. The van der Waals surface area contributed by atoms with E-state index in [-0.39, 0.29) is 11.0 Å². The van der Waals surface area contributed by atoms with Gasteiger partial charge in [0.05, 0.1) is 6.20 Å². The Bertz CT molecular complexity index is 568. The van der Waals surface area contributed by atoms with Crippen LogP contribution in [0.4, 0.5) is 8.78 Å². The van der Waals surface area contributed by atoms with E-state index in [2.05, 4.69) is 25.9 Å². The second-order valence-electron chi connectivity index (χ2n) is 2.97. The van der Waals surface area contributed by atoms with E-state index in [0.717, 1.165) is 6.20 Å². The smallest absolute Gasteiger partial charge is 0.260 e. The molecule has 88 valence electrons. The maximum atomic E-state index is 13.4. The molecule has 0 aliphatic rings. The molecule has 0 N–H and O–H groups in total. The molecule has 0 amide bonds. The summed E-state index contributed by atoms with van der Waals surface area (Å²) < 4.78 is 32.2. The Kier molecular flexibility index (Phi) is 3.54. The highest BCUT2D eigenvalue weighted by atomic mass is 79.9. The van der Waals surface area contributed by atoms with Gasteiger partial charge in [-0.25, -0.2) is 9.37 Å². The zero-order valence-corrected chi connectivity index (χ0v) is 10.5. The SMILES string of the molecule is Fc1cc(Br)ccc1Oc1nc(Cl)ncc1F. The minimum Gasteiger partial charge on any atom is -0.433 e. The third kappa shape index (κ3) is 2.89. The van der Waals surface area contributed by atoms with Gasteiger partial charge in [0.25, 0.3) is 5.88 Å². The number of nitrogens with zero attached hydrogens (tertiary/aromatic N) is 2. The summed E-state index contributed by atoms with van der Waals surface area (Å²) in [7, 11) is 0. The van der Waals surface area contributed by atoms with Crippen molar-refractivity contribution < 1.29 is 13.5 Å². The highest BCUT2D eigenvalue weighted by Crippen LogP contribution is 2.27. The Hall–Kier alpha value is -1.27. The summed E-state index contributed by atoms with van der Waals surface area (Å²) in [5, 5.41) is -0.182. The van der Waals surface area contributed by atoms with E-state index in [1.165, 1.54) is 12.1 Å². The molecule has 0 bridgehead atoms. The molecule has 1 aromatic heterocycles. The Morgan fingerprint density at radius 3 is 2.71 bits per heavy atom. The lowest BCUT2D eigenvalue weighted by atomic mass is 10.3. The molecule has 0 saturated heterocycles. The molecule has 0 saturated carbocycles. The van der Waals surface area contributed by atoms with E-state index < -0.39 is 17.5 Å². The molecule has 0 aliphatic heterocycles. The minimum absolute atomic E-state index is 0.151. The number of ether oxygens (including phenoxy) is 1. The molecule has 2 aromatic rings. The largest absolute Gasteiger partial charge is 0.433 e. The van der Waals surface area contributed by atoms with Crippen LogP contribution in [0.25, 0.3) is 0 Å². The van der Waals surface area contributed by atoms with Crippen molar-refractivity contribution in [3.05, 3.63) is 45.8 Å². The third-order valence-corrected chi connectivity index (χ3v) is 2.46. The Morgan fingerprint density at radius 1 is 1.24 bits per heavy atom. The molecule has 0 aliphatic carbocycles. The van der Waals surface area contributed by atoms with Crippen LogP contribution in [0.3, 0.4) is 0 Å². The van der Waals surface area contributed by atoms with Crippen LogP contribution in [-0.2, 0) is 0 Å². The maximum absolute atomic E-state index is 13.4. The fourth-order valence-electron chi connectivity index (χ4n) is 1.06. The van der Waals surface area contributed by atoms with Crippen LogP contribution >= 0.6 is 27.5 Å². The van der Waals surface area contributed by atoms with Crippen molar-refractivity contribution in [3.63, 3.8) is 0 Å². The van der Waals surface area contributed by atoms with Crippen LogP contribution in [0.5, 0.6) is 11.6 Å². The van der Waals surface area contributed by atoms with Crippen molar-refractivity contribution in [1.29, 1.82) is 0 Å². The zero-order valence-electron chi connectivity index (χ0n) is 8.12. The Labute approximate surface area is 109 Å². The average molecular weight is 322 g/mol. The summed E-state index contributed by atoms with van der Waals surface area (Å²) in [6, 6.07) is 4.09. The van der Waals surface area contributed by atoms with Gasteiger partial charge in [-0.1, -0.05) is 15.9 Å². The van der Waals surface area contributed by atoms with Crippen molar-refractivity contribution in [1.82, 2.24) is 9.97 Å². The van der Waals surface area contributed by atoms with Crippen LogP contribution in [0, 0.1) is 11.6 Å². The number of hydrogen-bond acceptors (Lipinski definition) is 3. The first-order valence-corrected chi connectivity index (χ1v) is 5.54. The quantitative estimate of drug-likeness (QED) is 0.785. The standard InChI is InChI=1S/C10H4BrClF2N2O/c11-5-1-2-8(6(13)3-5)17-9-7(14)4-15-10(12)16-9/h1-4H. The summed E-state index contributed by atoms with van der Waals surface area (Å²) >= 11 is 8.57. The number of hydrogen-bond donors (Lipinski definition) is 0. The van der Waals surface area contributed by atoms with Crippen LogP contribution in [0.2, 0.25) is 5.28 Å². The van der Waals surface area contributed by atoms with Crippen LogP contribution in [-0.4, -0.2) is 9.97 Å². The molecular weight excluding hydrogens is 317 g/mol. The van der Waals surface area contributed by atoms with Gasteiger partial charge in [0.1, 0.15) is 0 Å². The summed E-state index contributed by atoms with van der Waals surface area (Å²) in [4.78, 5) is 6.93. The summed E-state index contributed by atoms with van der Waals surface area (Å²) in [5.74, 6) is -2.04. The van der Waals surface area contributed by atoms with Crippen molar-refractivity contribution >= 4 is 27.5 Å². The minimum atomic E-state index is -0.822. The zero-order chi connectivity index (χ0) is 12.4. The maximum Gasteiger partial charge on any atom is 0.260 e. The van der Waals surface area contributed by atoms with Gasteiger partial charge in [0, 0.05) is 4.47 Å². The van der Waals surface area contributed by atoms with Gasteiger partial charge in [-0.3, -0.25) is 0 Å². The predicted octanol–water partition coefficient (Wildman–Crippen LogP) is 3.96. The number of halogens is 4. The monoisotopic (exact) mass is 320 g/mol. The van der Waals surface area contributed by atoms with E-state index in [1.54, 1.807) is 6.07 Å². The normalized spacial score (nSPS) is 10.4. The fourth-order valence-corrected chi connectivity index (χ4v) is 1.52. The van der Waals surface area contributed by atoms with Gasteiger partial charge >= 0.3 is 0 Å². The third-order valence-electron chi connectivity index (χ3n) is 1.78. The lowest BCUT2D eigenvalue weighted by Crippen LogP contribution is -1.96. The summed E-state index contributed by atoms with van der Waals surface area (Å²) in [6.45, 7) is 0. The van der Waals surface area contributed by atoms with E-state index in [4.69, 9.17) is 16.3 Å². The Morgan fingerprint density at radius 2 is 2.00 bits per heavy atom. The van der Waals surface area contributed by atoms with Crippen LogP contribution in [0.15, 0.2) is 28.9 Å². The molecule has 0 radical (unpaired) electrons. The molecule has 7 heteroatoms. The number of benzene rings is 1. The molecule has 0 spiro atoms. The van der Waals surface area contributed by atoms with Gasteiger partial charge < -0.3 is 4.74 Å². The first-order chi connectivity index (χ1) is 8.06. The second-order valence-corrected chi connectivity index (χ2v) is 4.22. The molecule has 2 rings (SSSR count). The molecular formula is C10H4BrClF2N2O. The first kappa shape index (κ1) is 12.2. The van der Waals surface area contributed by atoms with E-state index >= 15 is 0 Å². The topological polar surface area (TPSA) is 35.0 Å².